The third kappa shape index (κ3) is 2.68. The molecule has 2 nitrogen and oxygen atoms in total. The number of likely N-dealkylation sites (N-methyl/N-ethyl adjacent to an activating group) is 1. The van der Waals surface area contributed by atoms with Crippen molar-refractivity contribution in [3.05, 3.63) is 0 Å². The number of rotatable bonds is 3. The summed E-state index contributed by atoms with van der Waals surface area (Å²) >= 11 is 0. The molecule has 0 bridgehead atoms. The van der Waals surface area contributed by atoms with Crippen LogP contribution in [0.5, 0.6) is 0 Å². The zero-order valence-corrected chi connectivity index (χ0v) is 9.58. The summed E-state index contributed by atoms with van der Waals surface area (Å²) < 4.78 is 0. The third-order valence-electron chi connectivity index (χ3n) is 3.24. The van der Waals surface area contributed by atoms with Crippen LogP contribution in [0.1, 0.15) is 34.1 Å². The highest BCUT2D eigenvalue weighted by Crippen LogP contribution is 2.14. The highest BCUT2D eigenvalue weighted by atomic mass is 15.3. The maximum Gasteiger partial charge on any atom is 0.0221 e. The Balaban J connectivity index is 2.47. The van der Waals surface area contributed by atoms with Gasteiger partial charge in [-0.15, -0.1) is 0 Å². The van der Waals surface area contributed by atoms with Gasteiger partial charge in [0.2, 0.25) is 0 Å². The van der Waals surface area contributed by atoms with Crippen LogP contribution in [0.2, 0.25) is 0 Å². The SMILES string of the molecule is CCC1CN(C(C)C)CCN1CC. The van der Waals surface area contributed by atoms with Gasteiger partial charge in [-0.1, -0.05) is 13.8 Å². The van der Waals surface area contributed by atoms with Gasteiger partial charge in [-0.25, -0.2) is 0 Å². The summed E-state index contributed by atoms with van der Waals surface area (Å²) in [5, 5.41) is 0. The van der Waals surface area contributed by atoms with Crippen molar-refractivity contribution in [2.45, 2.75) is 46.2 Å². The van der Waals surface area contributed by atoms with Crippen LogP contribution in [0.15, 0.2) is 0 Å². The molecule has 0 aromatic heterocycles. The van der Waals surface area contributed by atoms with Gasteiger partial charge in [-0.2, -0.15) is 0 Å². The van der Waals surface area contributed by atoms with E-state index < -0.39 is 0 Å². The molecule has 0 aliphatic carbocycles. The van der Waals surface area contributed by atoms with Gasteiger partial charge in [0, 0.05) is 31.7 Å². The average molecular weight is 184 g/mol. The van der Waals surface area contributed by atoms with E-state index in [9.17, 15) is 0 Å². The Bertz CT molecular complexity index is 145. The Labute approximate surface area is 82.9 Å². The van der Waals surface area contributed by atoms with E-state index in [1.165, 1.54) is 32.6 Å². The fourth-order valence-electron chi connectivity index (χ4n) is 2.19. The minimum atomic E-state index is 0.716. The van der Waals surface area contributed by atoms with E-state index in [2.05, 4.69) is 37.5 Å². The fourth-order valence-corrected chi connectivity index (χ4v) is 2.19. The lowest BCUT2D eigenvalue weighted by Gasteiger charge is -2.42. The molecule has 0 radical (unpaired) electrons. The minimum absolute atomic E-state index is 0.716. The van der Waals surface area contributed by atoms with E-state index in [1.54, 1.807) is 0 Å². The van der Waals surface area contributed by atoms with E-state index in [0.717, 1.165) is 6.04 Å². The summed E-state index contributed by atoms with van der Waals surface area (Å²) in [4.78, 5) is 5.21. The van der Waals surface area contributed by atoms with Crippen molar-refractivity contribution in [2.75, 3.05) is 26.2 Å². The molecule has 78 valence electrons. The fraction of sp³-hybridized carbons (Fsp3) is 1.00. The number of hydrogen-bond acceptors (Lipinski definition) is 2. The zero-order chi connectivity index (χ0) is 9.84. The first kappa shape index (κ1) is 11.0. The molecular weight excluding hydrogens is 160 g/mol. The van der Waals surface area contributed by atoms with Gasteiger partial charge >= 0.3 is 0 Å². The molecule has 0 spiro atoms. The Morgan fingerprint density at radius 1 is 1.23 bits per heavy atom. The normalized spacial score (nSPS) is 27.0. The second-order valence-corrected chi connectivity index (χ2v) is 4.28. The van der Waals surface area contributed by atoms with E-state index in [1.807, 2.05) is 0 Å². The molecule has 13 heavy (non-hydrogen) atoms. The van der Waals surface area contributed by atoms with Crippen LogP contribution in [0.3, 0.4) is 0 Å². The number of piperazine rings is 1. The molecule has 1 heterocycles. The highest BCUT2D eigenvalue weighted by Gasteiger charge is 2.25. The van der Waals surface area contributed by atoms with Gasteiger partial charge in [0.15, 0.2) is 0 Å². The lowest BCUT2D eigenvalue weighted by Crippen LogP contribution is -2.54. The third-order valence-corrected chi connectivity index (χ3v) is 3.24. The van der Waals surface area contributed by atoms with Crippen molar-refractivity contribution >= 4 is 0 Å². The van der Waals surface area contributed by atoms with Gasteiger partial charge in [0.1, 0.15) is 0 Å². The largest absolute Gasteiger partial charge is 0.298 e. The van der Waals surface area contributed by atoms with Gasteiger partial charge in [0.05, 0.1) is 0 Å². The summed E-state index contributed by atoms with van der Waals surface area (Å²) in [6.07, 6.45) is 1.29. The van der Waals surface area contributed by atoms with Gasteiger partial charge < -0.3 is 0 Å². The molecule has 1 aliphatic heterocycles. The Kier molecular flexibility index (Phi) is 4.20. The molecule has 0 saturated carbocycles. The van der Waals surface area contributed by atoms with E-state index in [-0.39, 0.29) is 0 Å². The van der Waals surface area contributed by atoms with Gasteiger partial charge in [0.25, 0.3) is 0 Å². The van der Waals surface area contributed by atoms with E-state index >= 15 is 0 Å². The molecule has 0 aromatic rings. The summed E-state index contributed by atoms with van der Waals surface area (Å²) in [5.41, 5.74) is 0. The maximum atomic E-state index is 2.61. The molecular formula is C11H24N2. The lowest BCUT2D eigenvalue weighted by molar-refractivity contribution is 0.0584. The lowest BCUT2D eigenvalue weighted by atomic mass is 10.1. The predicted molar refractivity (Wildman–Crippen MR) is 58.0 cm³/mol. The summed E-state index contributed by atoms with van der Waals surface area (Å²) in [6.45, 7) is 14.2. The van der Waals surface area contributed by atoms with Crippen molar-refractivity contribution in [1.29, 1.82) is 0 Å². The van der Waals surface area contributed by atoms with Crippen LogP contribution < -0.4 is 0 Å². The van der Waals surface area contributed by atoms with Gasteiger partial charge in [-0.3, -0.25) is 9.80 Å². The summed E-state index contributed by atoms with van der Waals surface area (Å²) in [6, 6.07) is 1.51. The zero-order valence-electron chi connectivity index (χ0n) is 9.58. The molecule has 1 aliphatic rings. The van der Waals surface area contributed by atoms with Crippen LogP contribution in [0.4, 0.5) is 0 Å². The standard InChI is InChI=1S/C11H24N2/c1-5-11-9-13(10(3)4)8-7-12(11)6-2/h10-11H,5-9H2,1-4H3. The van der Waals surface area contributed by atoms with Crippen LogP contribution in [-0.4, -0.2) is 48.1 Å². The van der Waals surface area contributed by atoms with E-state index in [4.69, 9.17) is 0 Å². The molecule has 1 fully saturated rings. The average Bonchev–Trinajstić information content (AvgIpc) is 2.16. The predicted octanol–water partition coefficient (Wildman–Crippen LogP) is 1.81. The Morgan fingerprint density at radius 3 is 2.38 bits per heavy atom. The molecule has 0 N–H and O–H groups in total. The van der Waals surface area contributed by atoms with E-state index in [0.29, 0.717) is 6.04 Å². The van der Waals surface area contributed by atoms with Crippen LogP contribution in [-0.2, 0) is 0 Å². The Morgan fingerprint density at radius 2 is 1.92 bits per heavy atom. The first-order valence-electron chi connectivity index (χ1n) is 5.67. The van der Waals surface area contributed by atoms with Crippen LogP contribution >= 0.6 is 0 Å². The monoisotopic (exact) mass is 184 g/mol. The van der Waals surface area contributed by atoms with Crippen LogP contribution in [0.25, 0.3) is 0 Å². The molecule has 0 aromatic carbocycles. The van der Waals surface area contributed by atoms with Crippen molar-refractivity contribution in [1.82, 2.24) is 9.80 Å². The number of nitrogens with zero attached hydrogens (tertiary/aromatic N) is 2. The summed E-state index contributed by atoms with van der Waals surface area (Å²) in [5.74, 6) is 0. The first-order chi connectivity index (χ1) is 6.19. The first-order valence-corrected chi connectivity index (χ1v) is 5.67. The van der Waals surface area contributed by atoms with Crippen molar-refractivity contribution < 1.29 is 0 Å². The van der Waals surface area contributed by atoms with Crippen LogP contribution in [0, 0.1) is 0 Å². The van der Waals surface area contributed by atoms with Crippen molar-refractivity contribution in [2.24, 2.45) is 0 Å². The maximum absolute atomic E-state index is 2.61. The molecule has 1 atom stereocenters. The van der Waals surface area contributed by atoms with Gasteiger partial charge in [-0.05, 0) is 26.8 Å². The molecule has 1 unspecified atom stereocenters. The quantitative estimate of drug-likeness (QED) is 0.660. The Hall–Kier alpha value is -0.0800. The number of hydrogen-bond donors (Lipinski definition) is 0. The smallest absolute Gasteiger partial charge is 0.0221 e. The highest BCUT2D eigenvalue weighted by molar-refractivity contribution is 4.81. The second-order valence-electron chi connectivity index (χ2n) is 4.28. The molecule has 1 rings (SSSR count). The molecule has 0 amide bonds. The molecule has 1 saturated heterocycles. The molecule has 2 heteroatoms. The van der Waals surface area contributed by atoms with Crippen molar-refractivity contribution in [3.63, 3.8) is 0 Å². The summed E-state index contributed by atoms with van der Waals surface area (Å²) in [7, 11) is 0. The van der Waals surface area contributed by atoms with Crippen molar-refractivity contribution in [3.8, 4) is 0 Å². The minimum Gasteiger partial charge on any atom is -0.298 e. The topological polar surface area (TPSA) is 6.48 Å². The second kappa shape index (κ2) is 4.97.